The van der Waals surface area contributed by atoms with Crippen LogP contribution in [0.3, 0.4) is 0 Å². The Balaban J connectivity index is 1.73. The maximum Gasteiger partial charge on any atom is 0.322 e. The molecule has 1 unspecified atom stereocenters. The Morgan fingerprint density at radius 3 is 2.30 bits per heavy atom. The summed E-state index contributed by atoms with van der Waals surface area (Å²) in [6.45, 7) is 5.54. The number of piperidine rings is 1. The highest BCUT2D eigenvalue weighted by atomic mass is 16.5. The van der Waals surface area contributed by atoms with Crippen LogP contribution >= 0.6 is 0 Å². The topological polar surface area (TPSA) is 49.9 Å². The number of carbonyl (C=O) groups is 2. The minimum absolute atomic E-state index is 0.170. The Labute approximate surface area is 121 Å². The van der Waals surface area contributed by atoms with Crippen molar-refractivity contribution < 1.29 is 14.3 Å². The van der Waals surface area contributed by atoms with Gasteiger partial charge in [0.25, 0.3) is 0 Å². The van der Waals surface area contributed by atoms with E-state index in [0.29, 0.717) is 18.2 Å². The lowest BCUT2D eigenvalue weighted by Gasteiger charge is -2.34. The molecule has 2 aliphatic heterocycles. The first kappa shape index (κ1) is 15.3. The summed E-state index contributed by atoms with van der Waals surface area (Å²) < 4.78 is 4.78. The zero-order valence-electron chi connectivity index (χ0n) is 12.6. The van der Waals surface area contributed by atoms with Crippen molar-refractivity contribution in [1.29, 1.82) is 0 Å². The van der Waals surface area contributed by atoms with Gasteiger partial charge in [0.2, 0.25) is 5.91 Å². The smallest absolute Gasteiger partial charge is 0.322 e. The molecule has 1 amide bonds. The third kappa shape index (κ3) is 3.72. The van der Waals surface area contributed by atoms with Crippen molar-refractivity contribution in [1.82, 2.24) is 9.80 Å². The number of ether oxygens (including phenoxy) is 1. The maximum absolute atomic E-state index is 12.1. The molecule has 0 radical (unpaired) electrons. The normalized spacial score (nSPS) is 22.8. The molecule has 0 aromatic carbocycles. The van der Waals surface area contributed by atoms with Gasteiger partial charge in [-0.1, -0.05) is 0 Å². The summed E-state index contributed by atoms with van der Waals surface area (Å²) in [4.78, 5) is 27.8. The molecule has 2 rings (SSSR count). The number of hydrogen-bond donors (Lipinski definition) is 0. The molecule has 0 spiro atoms. The van der Waals surface area contributed by atoms with Gasteiger partial charge in [-0.15, -0.1) is 0 Å². The number of carbonyl (C=O) groups excluding carboxylic acids is 2. The highest BCUT2D eigenvalue weighted by Gasteiger charge is 2.29. The molecular formula is C15H26N2O3. The average molecular weight is 282 g/mol. The molecule has 2 heterocycles. The van der Waals surface area contributed by atoms with Crippen LogP contribution in [0.5, 0.6) is 0 Å². The maximum atomic E-state index is 12.1. The molecule has 0 saturated carbocycles. The van der Waals surface area contributed by atoms with Crippen molar-refractivity contribution in [2.24, 2.45) is 5.92 Å². The van der Waals surface area contributed by atoms with Gasteiger partial charge in [-0.2, -0.15) is 0 Å². The molecule has 20 heavy (non-hydrogen) atoms. The highest BCUT2D eigenvalue weighted by Crippen LogP contribution is 2.24. The number of amides is 1. The third-order valence-corrected chi connectivity index (χ3v) is 4.66. The second-order valence-electron chi connectivity index (χ2n) is 5.97. The van der Waals surface area contributed by atoms with Gasteiger partial charge in [-0.3, -0.25) is 14.5 Å². The molecule has 2 fully saturated rings. The van der Waals surface area contributed by atoms with Crippen molar-refractivity contribution in [3.05, 3.63) is 0 Å². The fourth-order valence-electron chi connectivity index (χ4n) is 3.21. The first-order valence-corrected chi connectivity index (χ1v) is 7.71. The van der Waals surface area contributed by atoms with Crippen molar-refractivity contribution >= 4 is 11.9 Å². The zero-order chi connectivity index (χ0) is 14.5. The highest BCUT2D eigenvalue weighted by molar-refractivity contribution is 5.76. The third-order valence-electron chi connectivity index (χ3n) is 4.66. The van der Waals surface area contributed by atoms with E-state index in [9.17, 15) is 9.59 Å². The molecule has 0 N–H and O–H groups in total. The first-order chi connectivity index (χ1) is 9.61. The second kappa shape index (κ2) is 7.07. The number of hydrogen-bond acceptors (Lipinski definition) is 4. The molecular weight excluding hydrogens is 256 g/mol. The Bertz CT molecular complexity index is 345. The Morgan fingerprint density at radius 1 is 1.15 bits per heavy atom. The predicted octanol–water partition coefficient (Wildman–Crippen LogP) is 1.27. The molecule has 0 aliphatic carbocycles. The first-order valence-electron chi connectivity index (χ1n) is 7.71. The van der Waals surface area contributed by atoms with E-state index in [-0.39, 0.29) is 12.0 Å². The van der Waals surface area contributed by atoms with E-state index in [0.717, 1.165) is 51.9 Å². The summed E-state index contributed by atoms with van der Waals surface area (Å²) in [6, 6.07) is -0.171. The molecule has 1 atom stereocenters. The minimum atomic E-state index is -0.171. The largest absolute Gasteiger partial charge is 0.468 e. The second-order valence-corrected chi connectivity index (χ2v) is 5.97. The summed E-state index contributed by atoms with van der Waals surface area (Å²) in [5.74, 6) is 0.628. The lowest BCUT2D eigenvalue weighted by atomic mass is 9.92. The van der Waals surface area contributed by atoms with E-state index < -0.39 is 0 Å². The van der Waals surface area contributed by atoms with Gasteiger partial charge in [0.05, 0.1) is 7.11 Å². The van der Waals surface area contributed by atoms with Crippen LogP contribution < -0.4 is 0 Å². The summed E-state index contributed by atoms with van der Waals surface area (Å²) in [5.41, 5.74) is 0. The van der Waals surface area contributed by atoms with Crippen molar-refractivity contribution in [3.63, 3.8) is 0 Å². The summed E-state index contributed by atoms with van der Waals surface area (Å²) in [5, 5.41) is 0. The number of esters is 1. The Hall–Kier alpha value is -1.10. The standard InChI is InChI=1S/C15H26N2O3/c1-12(15(19)20-2)16-9-5-13(6-10-16)11-14(18)17-7-3-4-8-17/h12-13H,3-11H2,1-2H3. The quantitative estimate of drug-likeness (QED) is 0.729. The van der Waals surface area contributed by atoms with Crippen LogP contribution in [-0.2, 0) is 14.3 Å². The fourth-order valence-corrected chi connectivity index (χ4v) is 3.21. The van der Waals surface area contributed by atoms with Crippen LogP contribution in [0.15, 0.2) is 0 Å². The lowest BCUT2D eigenvalue weighted by Crippen LogP contribution is -2.45. The van der Waals surface area contributed by atoms with Crippen LogP contribution in [0.1, 0.15) is 39.0 Å². The summed E-state index contributed by atoms with van der Waals surface area (Å²) in [6.07, 6.45) is 4.99. The molecule has 5 nitrogen and oxygen atoms in total. The van der Waals surface area contributed by atoms with E-state index in [2.05, 4.69) is 4.90 Å². The van der Waals surface area contributed by atoms with Crippen molar-refractivity contribution in [3.8, 4) is 0 Å². The molecule has 0 aromatic heterocycles. The van der Waals surface area contributed by atoms with Crippen LogP contribution in [0.4, 0.5) is 0 Å². The molecule has 2 saturated heterocycles. The SMILES string of the molecule is COC(=O)C(C)N1CCC(CC(=O)N2CCCC2)CC1. The molecule has 2 aliphatic rings. The molecule has 0 aromatic rings. The minimum Gasteiger partial charge on any atom is -0.468 e. The van der Waals surface area contributed by atoms with E-state index in [1.807, 2.05) is 11.8 Å². The average Bonchev–Trinajstić information content (AvgIpc) is 3.01. The number of methoxy groups -OCH3 is 1. The van der Waals surface area contributed by atoms with Gasteiger partial charge in [0, 0.05) is 19.5 Å². The van der Waals surface area contributed by atoms with E-state index in [1.165, 1.54) is 7.11 Å². The van der Waals surface area contributed by atoms with Crippen LogP contribution in [0.2, 0.25) is 0 Å². The zero-order valence-corrected chi connectivity index (χ0v) is 12.6. The fraction of sp³-hybridized carbons (Fsp3) is 0.867. The van der Waals surface area contributed by atoms with Gasteiger partial charge in [0.1, 0.15) is 6.04 Å². The van der Waals surface area contributed by atoms with Gasteiger partial charge >= 0.3 is 5.97 Å². The van der Waals surface area contributed by atoms with Gasteiger partial charge in [-0.05, 0) is 51.6 Å². The summed E-state index contributed by atoms with van der Waals surface area (Å²) >= 11 is 0. The molecule has 114 valence electrons. The van der Waals surface area contributed by atoms with Crippen molar-refractivity contribution in [2.75, 3.05) is 33.3 Å². The van der Waals surface area contributed by atoms with Gasteiger partial charge in [-0.25, -0.2) is 0 Å². The summed E-state index contributed by atoms with van der Waals surface area (Å²) in [7, 11) is 1.43. The predicted molar refractivity (Wildman–Crippen MR) is 76.2 cm³/mol. The number of likely N-dealkylation sites (tertiary alicyclic amines) is 2. The van der Waals surface area contributed by atoms with Crippen LogP contribution in [-0.4, -0.2) is 61.0 Å². The lowest BCUT2D eigenvalue weighted by molar-refractivity contribution is -0.147. The molecule has 5 heteroatoms. The van der Waals surface area contributed by atoms with Crippen molar-refractivity contribution in [2.45, 2.75) is 45.1 Å². The Kier molecular flexibility index (Phi) is 5.40. The molecule has 0 bridgehead atoms. The van der Waals surface area contributed by atoms with E-state index in [1.54, 1.807) is 0 Å². The van der Waals surface area contributed by atoms with E-state index >= 15 is 0 Å². The van der Waals surface area contributed by atoms with Crippen LogP contribution in [0, 0.1) is 5.92 Å². The van der Waals surface area contributed by atoms with Gasteiger partial charge in [0.15, 0.2) is 0 Å². The number of rotatable bonds is 4. The number of nitrogens with zero attached hydrogens (tertiary/aromatic N) is 2. The monoisotopic (exact) mass is 282 g/mol. The Morgan fingerprint density at radius 2 is 1.75 bits per heavy atom. The van der Waals surface area contributed by atoms with Crippen LogP contribution in [0.25, 0.3) is 0 Å². The van der Waals surface area contributed by atoms with Gasteiger partial charge < -0.3 is 9.64 Å². The van der Waals surface area contributed by atoms with E-state index in [4.69, 9.17) is 4.74 Å².